The molecular weight excluding hydrogens is 328 g/mol. The number of carbonyl (C=O) groups is 1. The second kappa shape index (κ2) is 5.95. The van der Waals surface area contributed by atoms with E-state index in [2.05, 4.69) is 9.72 Å². The molecule has 0 aliphatic heterocycles. The highest BCUT2D eigenvalue weighted by Crippen LogP contribution is 2.37. The lowest BCUT2D eigenvalue weighted by Gasteiger charge is -2.09. The van der Waals surface area contributed by atoms with E-state index in [4.69, 9.17) is 34.8 Å². The minimum Gasteiger partial charge on any atom is -0.465 e. The molecule has 0 aliphatic carbocycles. The molecule has 0 saturated carbocycles. The Bertz CT molecular complexity index is 668. The molecule has 0 fully saturated rings. The number of hydrogen-bond acceptors (Lipinski definition) is 3. The molecule has 0 spiro atoms. The first-order valence-corrected chi connectivity index (χ1v) is 6.46. The molecule has 2 aromatic rings. The van der Waals surface area contributed by atoms with Crippen LogP contribution in [0.5, 0.6) is 0 Å². The number of carbonyl (C=O) groups excluding carboxylic acids is 1. The van der Waals surface area contributed by atoms with Gasteiger partial charge in [-0.15, -0.1) is 0 Å². The standard InChI is InChI=1S/C13H7Cl3FNO2/c1-20-13(19)8-2-6(5-18-12(8)17)11-9(15)3-7(14)4-10(11)16/h2-5H,1H3. The molecule has 1 aromatic heterocycles. The number of rotatable bonds is 2. The van der Waals surface area contributed by atoms with Gasteiger partial charge in [-0.1, -0.05) is 34.8 Å². The van der Waals surface area contributed by atoms with Crippen LogP contribution in [0.15, 0.2) is 24.4 Å². The Morgan fingerprint density at radius 1 is 1.20 bits per heavy atom. The fraction of sp³-hybridized carbons (Fsp3) is 0.0769. The average molecular weight is 335 g/mol. The number of halogens is 4. The third kappa shape index (κ3) is 2.87. The molecule has 1 aromatic carbocycles. The molecule has 0 radical (unpaired) electrons. The number of ether oxygens (including phenoxy) is 1. The topological polar surface area (TPSA) is 39.2 Å². The molecule has 1 heterocycles. The molecule has 0 bridgehead atoms. The smallest absolute Gasteiger partial charge is 0.342 e. The molecule has 104 valence electrons. The molecule has 0 unspecified atom stereocenters. The summed E-state index contributed by atoms with van der Waals surface area (Å²) in [5.74, 6) is -1.76. The minimum atomic E-state index is -0.929. The Morgan fingerprint density at radius 2 is 1.80 bits per heavy atom. The summed E-state index contributed by atoms with van der Waals surface area (Å²) in [4.78, 5) is 15.0. The first kappa shape index (κ1) is 15.0. The minimum absolute atomic E-state index is 0.270. The van der Waals surface area contributed by atoms with Crippen molar-refractivity contribution in [2.45, 2.75) is 0 Å². The molecule has 0 amide bonds. The Balaban J connectivity index is 2.63. The summed E-state index contributed by atoms with van der Waals surface area (Å²) in [6.45, 7) is 0. The highest BCUT2D eigenvalue weighted by molar-refractivity contribution is 6.41. The van der Waals surface area contributed by atoms with Gasteiger partial charge in [-0.3, -0.25) is 0 Å². The third-order valence-electron chi connectivity index (χ3n) is 2.54. The van der Waals surface area contributed by atoms with Crippen molar-refractivity contribution >= 4 is 40.8 Å². The maximum Gasteiger partial charge on any atom is 0.342 e. The zero-order valence-electron chi connectivity index (χ0n) is 10.1. The zero-order chi connectivity index (χ0) is 14.9. The van der Waals surface area contributed by atoms with Crippen molar-refractivity contribution in [3.8, 4) is 11.1 Å². The summed E-state index contributed by atoms with van der Waals surface area (Å²) in [6, 6.07) is 4.26. The molecule has 0 atom stereocenters. The lowest BCUT2D eigenvalue weighted by molar-refractivity contribution is 0.0594. The van der Waals surface area contributed by atoms with Gasteiger partial charge in [0, 0.05) is 22.3 Å². The van der Waals surface area contributed by atoms with Gasteiger partial charge in [0.1, 0.15) is 5.56 Å². The summed E-state index contributed by atoms with van der Waals surface area (Å²) < 4.78 is 18.0. The van der Waals surface area contributed by atoms with Crippen molar-refractivity contribution in [2.75, 3.05) is 7.11 Å². The number of esters is 1. The van der Waals surface area contributed by atoms with Crippen LogP contribution in [0.4, 0.5) is 4.39 Å². The van der Waals surface area contributed by atoms with Crippen LogP contribution in [0.2, 0.25) is 15.1 Å². The number of pyridine rings is 1. The van der Waals surface area contributed by atoms with E-state index in [1.165, 1.54) is 24.4 Å². The van der Waals surface area contributed by atoms with E-state index >= 15 is 0 Å². The summed E-state index contributed by atoms with van der Waals surface area (Å²) in [5, 5.41) is 0.908. The molecule has 0 saturated heterocycles. The van der Waals surface area contributed by atoms with Crippen LogP contribution in [0.1, 0.15) is 10.4 Å². The van der Waals surface area contributed by atoms with Gasteiger partial charge in [-0.25, -0.2) is 9.78 Å². The third-order valence-corrected chi connectivity index (χ3v) is 3.35. The van der Waals surface area contributed by atoms with Crippen LogP contribution in [0.25, 0.3) is 11.1 Å². The normalized spacial score (nSPS) is 10.4. The van der Waals surface area contributed by atoms with E-state index in [0.717, 1.165) is 7.11 Å². The van der Waals surface area contributed by atoms with Gasteiger partial charge in [0.05, 0.1) is 17.2 Å². The second-order valence-electron chi connectivity index (χ2n) is 3.80. The maximum absolute atomic E-state index is 13.5. The Labute approximate surface area is 129 Å². The van der Waals surface area contributed by atoms with Crippen LogP contribution in [-0.4, -0.2) is 18.1 Å². The number of hydrogen-bond donors (Lipinski definition) is 0. The fourth-order valence-corrected chi connectivity index (χ4v) is 2.69. The largest absolute Gasteiger partial charge is 0.465 e. The van der Waals surface area contributed by atoms with Crippen molar-refractivity contribution < 1.29 is 13.9 Å². The first-order valence-electron chi connectivity index (χ1n) is 5.32. The van der Waals surface area contributed by atoms with Gasteiger partial charge in [0.15, 0.2) is 0 Å². The van der Waals surface area contributed by atoms with Crippen molar-refractivity contribution in [3.63, 3.8) is 0 Å². The zero-order valence-corrected chi connectivity index (χ0v) is 12.4. The van der Waals surface area contributed by atoms with E-state index in [1.807, 2.05) is 0 Å². The second-order valence-corrected chi connectivity index (χ2v) is 5.05. The molecule has 20 heavy (non-hydrogen) atoms. The average Bonchev–Trinajstić information content (AvgIpc) is 2.38. The predicted molar refractivity (Wildman–Crippen MR) is 76.0 cm³/mol. The fourth-order valence-electron chi connectivity index (χ4n) is 1.66. The van der Waals surface area contributed by atoms with Gasteiger partial charge in [-0.2, -0.15) is 4.39 Å². The quantitative estimate of drug-likeness (QED) is 0.593. The van der Waals surface area contributed by atoms with Gasteiger partial charge in [0.25, 0.3) is 0 Å². The van der Waals surface area contributed by atoms with Crippen molar-refractivity contribution in [1.29, 1.82) is 0 Å². The van der Waals surface area contributed by atoms with E-state index in [1.54, 1.807) is 0 Å². The number of methoxy groups -OCH3 is 1. The van der Waals surface area contributed by atoms with Gasteiger partial charge < -0.3 is 4.74 Å². The number of nitrogens with zero attached hydrogens (tertiary/aromatic N) is 1. The summed E-state index contributed by atoms with van der Waals surface area (Å²) in [7, 11) is 1.15. The van der Waals surface area contributed by atoms with Crippen molar-refractivity contribution in [2.24, 2.45) is 0 Å². The summed E-state index contributed by atoms with van der Waals surface area (Å²) >= 11 is 18.0. The molecule has 0 N–H and O–H groups in total. The van der Waals surface area contributed by atoms with Crippen LogP contribution < -0.4 is 0 Å². The van der Waals surface area contributed by atoms with Crippen molar-refractivity contribution in [3.05, 3.63) is 51.0 Å². The van der Waals surface area contributed by atoms with E-state index < -0.39 is 11.9 Å². The van der Waals surface area contributed by atoms with Crippen LogP contribution in [0.3, 0.4) is 0 Å². The van der Waals surface area contributed by atoms with E-state index in [0.29, 0.717) is 16.1 Å². The van der Waals surface area contributed by atoms with Gasteiger partial charge >= 0.3 is 5.97 Å². The van der Waals surface area contributed by atoms with Crippen LogP contribution >= 0.6 is 34.8 Å². The maximum atomic E-state index is 13.5. The van der Waals surface area contributed by atoms with Crippen molar-refractivity contribution in [1.82, 2.24) is 4.98 Å². The molecule has 7 heteroatoms. The Kier molecular flexibility index (Phi) is 4.48. The van der Waals surface area contributed by atoms with Gasteiger partial charge in [-0.05, 0) is 18.2 Å². The van der Waals surface area contributed by atoms with E-state index in [9.17, 15) is 9.18 Å². The monoisotopic (exact) mass is 333 g/mol. The van der Waals surface area contributed by atoms with Crippen LogP contribution in [0, 0.1) is 5.95 Å². The van der Waals surface area contributed by atoms with Crippen LogP contribution in [-0.2, 0) is 4.74 Å². The lowest BCUT2D eigenvalue weighted by Crippen LogP contribution is -2.06. The molecule has 0 aliphatic rings. The number of aromatic nitrogens is 1. The molecule has 3 nitrogen and oxygen atoms in total. The first-order chi connectivity index (χ1) is 9.43. The lowest BCUT2D eigenvalue weighted by atomic mass is 10.1. The highest BCUT2D eigenvalue weighted by atomic mass is 35.5. The number of benzene rings is 1. The SMILES string of the molecule is COC(=O)c1cc(-c2c(Cl)cc(Cl)cc2Cl)cnc1F. The molecule has 2 rings (SSSR count). The van der Waals surface area contributed by atoms with Gasteiger partial charge in [0.2, 0.25) is 5.95 Å². The predicted octanol–water partition coefficient (Wildman–Crippen LogP) is 4.63. The van der Waals surface area contributed by atoms with E-state index in [-0.39, 0.29) is 15.6 Å². The Hall–Kier alpha value is -1.36. The highest BCUT2D eigenvalue weighted by Gasteiger charge is 2.17. The summed E-state index contributed by atoms with van der Waals surface area (Å²) in [6.07, 6.45) is 1.22. The summed E-state index contributed by atoms with van der Waals surface area (Å²) in [5.41, 5.74) is 0.501. The molecular formula is C13H7Cl3FNO2. The Morgan fingerprint density at radius 3 is 2.35 bits per heavy atom.